The maximum Gasteiger partial charge on any atom is 0.410 e. The highest BCUT2D eigenvalue weighted by Gasteiger charge is 2.48. The van der Waals surface area contributed by atoms with Crippen LogP contribution < -0.4 is 15.2 Å². The summed E-state index contributed by atoms with van der Waals surface area (Å²) in [6.07, 6.45) is 2.43. The first kappa shape index (κ1) is 19.7. The Kier molecular flexibility index (Phi) is 5.05. The van der Waals surface area contributed by atoms with Gasteiger partial charge in [-0.1, -0.05) is 0 Å². The molecule has 3 rings (SSSR count). The van der Waals surface area contributed by atoms with Crippen molar-refractivity contribution in [2.45, 2.75) is 32.0 Å². The van der Waals surface area contributed by atoms with E-state index < -0.39 is 17.4 Å². The molecule has 0 unspecified atom stereocenters. The highest BCUT2D eigenvalue weighted by molar-refractivity contribution is 5.74. The van der Waals surface area contributed by atoms with E-state index in [-0.39, 0.29) is 19.7 Å². The fraction of sp³-hybridized carbons (Fsp3) is 0.500. The van der Waals surface area contributed by atoms with Gasteiger partial charge in [0, 0.05) is 6.07 Å². The Hall–Kier alpha value is -3.04. The Balaban J connectivity index is 1.68. The highest BCUT2D eigenvalue weighted by Crippen LogP contribution is 2.38. The van der Waals surface area contributed by atoms with Crippen molar-refractivity contribution in [2.75, 3.05) is 32.5 Å². The topological polar surface area (TPSA) is 116 Å². The Morgan fingerprint density at radius 3 is 2.61 bits per heavy atom. The van der Waals surface area contributed by atoms with Gasteiger partial charge >= 0.3 is 6.09 Å². The van der Waals surface area contributed by atoms with Gasteiger partial charge in [-0.3, -0.25) is 10.1 Å². The molecule has 3 heterocycles. The van der Waals surface area contributed by atoms with Crippen LogP contribution in [-0.4, -0.2) is 64.3 Å². The first-order chi connectivity index (χ1) is 13.1. The number of H-pyrrole nitrogens is 1. The van der Waals surface area contributed by atoms with E-state index in [0.717, 1.165) is 0 Å². The quantitative estimate of drug-likeness (QED) is 0.801. The van der Waals surface area contributed by atoms with Crippen molar-refractivity contribution < 1.29 is 23.4 Å². The van der Waals surface area contributed by atoms with Crippen LogP contribution in [0.4, 0.5) is 15.0 Å². The van der Waals surface area contributed by atoms with Gasteiger partial charge in [-0.2, -0.15) is 5.10 Å². The number of hydrogen-bond donors (Lipinski definition) is 2. The molecule has 1 aliphatic rings. The van der Waals surface area contributed by atoms with Crippen molar-refractivity contribution in [1.82, 2.24) is 20.1 Å². The molecule has 0 saturated carbocycles. The SMILES string of the molecule is COc1cncc(OCC2(F)CN(C(=O)OC(C)(C)C)C2)c1-c1cc(N)n[nH]1. The number of carbonyl (C=O) groups excluding carboxylic acids is 1. The molecule has 0 aromatic carbocycles. The number of carbonyl (C=O) groups is 1. The number of nitrogens with zero attached hydrogens (tertiary/aromatic N) is 3. The van der Waals surface area contributed by atoms with Crippen LogP contribution >= 0.6 is 0 Å². The molecule has 1 fully saturated rings. The van der Waals surface area contributed by atoms with E-state index in [1.54, 1.807) is 26.8 Å². The number of aromatic amines is 1. The van der Waals surface area contributed by atoms with Crippen molar-refractivity contribution >= 4 is 11.9 Å². The molecule has 9 nitrogen and oxygen atoms in total. The number of nitrogens with one attached hydrogen (secondary N) is 1. The zero-order chi connectivity index (χ0) is 20.5. The molecule has 0 spiro atoms. The first-order valence-electron chi connectivity index (χ1n) is 8.73. The summed E-state index contributed by atoms with van der Waals surface area (Å²) in [7, 11) is 1.49. The van der Waals surface area contributed by atoms with Crippen LogP contribution in [0.2, 0.25) is 0 Å². The summed E-state index contributed by atoms with van der Waals surface area (Å²) in [4.78, 5) is 17.3. The first-order valence-corrected chi connectivity index (χ1v) is 8.73. The van der Waals surface area contributed by atoms with Crippen molar-refractivity contribution in [2.24, 2.45) is 0 Å². The molecule has 10 heteroatoms. The van der Waals surface area contributed by atoms with Crippen LogP contribution in [-0.2, 0) is 4.74 Å². The second-order valence-electron chi connectivity index (χ2n) is 7.70. The minimum absolute atomic E-state index is 0.106. The second-order valence-corrected chi connectivity index (χ2v) is 7.70. The number of nitrogen functional groups attached to an aromatic ring is 1. The number of aromatic nitrogens is 3. The second kappa shape index (κ2) is 7.17. The summed E-state index contributed by atoms with van der Waals surface area (Å²) >= 11 is 0. The van der Waals surface area contributed by atoms with E-state index in [1.807, 2.05) is 0 Å². The third kappa shape index (κ3) is 4.26. The Morgan fingerprint density at radius 2 is 2.04 bits per heavy atom. The molecule has 28 heavy (non-hydrogen) atoms. The van der Waals surface area contributed by atoms with Crippen molar-refractivity contribution in [3.05, 3.63) is 18.5 Å². The minimum Gasteiger partial charge on any atom is -0.494 e. The van der Waals surface area contributed by atoms with Crippen molar-refractivity contribution in [1.29, 1.82) is 0 Å². The standard InChI is InChI=1S/C18H24FN5O4/c1-17(2,3)28-16(25)24-8-18(19,9-24)10-27-13-7-21-6-12(26-4)15(13)11-5-14(20)23-22-11/h5-7H,8-10H2,1-4H3,(H3,20,22,23). The number of likely N-dealkylation sites (tertiary alicyclic amines) is 1. The summed E-state index contributed by atoms with van der Waals surface area (Å²) in [5.41, 5.74) is 4.46. The summed E-state index contributed by atoms with van der Waals surface area (Å²) in [5.74, 6) is 1.04. The van der Waals surface area contributed by atoms with Crippen LogP contribution in [0.3, 0.4) is 0 Å². The third-order valence-electron chi connectivity index (χ3n) is 4.05. The number of halogens is 1. The number of anilines is 1. The number of ether oxygens (including phenoxy) is 3. The fourth-order valence-corrected chi connectivity index (χ4v) is 2.81. The average Bonchev–Trinajstić information content (AvgIpc) is 3.01. The Bertz CT molecular complexity index is 858. The molecule has 1 aliphatic heterocycles. The number of alkyl halides is 1. The van der Waals surface area contributed by atoms with Gasteiger partial charge in [-0.15, -0.1) is 0 Å². The highest BCUT2D eigenvalue weighted by atomic mass is 19.1. The lowest BCUT2D eigenvalue weighted by atomic mass is 9.98. The monoisotopic (exact) mass is 393 g/mol. The molecule has 152 valence electrons. The molecular weight excluding hydrogens is 369 g/mol. The molecule has 0 bridgehead atoms. The van der Waals surface area contributed by atoms with E-state index in [9.17, 15) is 9.18 Å². The molecule has 3 N–H and O–H groups in total. The molecular formula is C18H24FN5O4. The number of methoxy groups -OCH3 is 1. The number of hydrogen-bond acceptors (Lipinski definition) is 7. The lowest BCUT2D eigenvalue weighted by molar-refractivity contribution is -0.0685. The van der Waals surface area contributed by atoms with E-state index in [2.05, 4.69) is 15.2 Å². The zero-order valence-electron chi connectivity index (χ0n) is 16.3. The predicted octanol–water partition coefficient (Wildman–Crippen LogP) is 2.40. The predicted molar refractivity (Wildman–Crippen MR) is 99.9 cm³/mol. The van der Waals surface area contributed by atoms with E-state index >= 15 is 0 Å². The van der Waals surface area contributed by atoms with Crippen LogP contribution in [0.25, 0.3) is 11.3 Å². The smallest absolute Gasteiger partial charge is 0.410 e. The lowest BCUT2D eigenvalue weighted by Crippen LogP contribution is -2.64. The van der Waals surface area contributed by atoms with Gasteiger partial charge in [0.05, 0.1) is 43.9 Å². The van der Waals surface area contributed by atoms with Gasteiger partial charge in [0.1, 0.15) is 23.8 Å². The van der Waals surface area contributed by atoms with Crippen LogP contribution in [0, 0.1) is 0 Å². The maximum absolute atomic E-state index is 14.9. The zero-order valence-corrected chi connectivity index (χ0v) is 16.3. The van der Waals surface area contributed by atoms with Gasteiger partial charge in [0.15, 0.2) is 11.4 Å². The maximum atomic E-state index is 14.9. The number of rotatable bonds is 5. The molecule has 1 amide bonds. The van der Waals surface area contributed by atoms with Gasteiger partial charge in [0.2, 0.25) is 0 Å². The minimum atomic E-state index is -1.68. The number of amides is 1. The summed E-state index contributed by atoms with van der Waals surface area (Å²) in [5, 5.41) is 6.67. The Morgan fingerprint density at radius 1 is 1.36 bits per heavy atom. The average molecular weight is 393 g/mol. The van der Waals surface area contributed by atoms with Crippen molar-refractivity contribution in [3.8, 4) is 22.8 Å². The summed E-state index contributed by atoms with van der Waals surface area (Å²) in [6, 6.07) is 1.61. The molecule has 2 aromatic rings. The molecule has 0 radical (unpaired) electrons. The van der Waals surface area contributed by atoms with Gasteiger partial charge in [-0.25, -0.2) is 9.18 Å². The fourth-order valence-electron chi connectivity index (χ4n) is 2.81. The molecule has 2 aromatic heterocycles. The van der Waals surface area contributed by atoms with Crippen LogP contribution in [0.15, 0.2) is 18.5 Å². The van der Waals surface area contributed by atoms with Crippen LogP contribution in [0.5, 0.6) is 11.5 Å². The van der Waals surface area contributed by atoms with Gasteiger partial charge < -0.3 is 24.8 Å². The summed E-state index contributed by atoms with van der Waals surface area (Å²) in [6.45, 7) is 4.82. The number of pyridine rings is 1. The normalized spacial score (nSPS) is 15.7. The van der Waals surface area contributed by atoms with Gasteiger partial charge in [-0.05, 0) is 20.8 Å². The molecule has 0 atom stereocenters. The number of nitrogens with two attached hydrogens (primary N) is 1. The Labute approximate surface area is 162 Å². The van der Waals surface area contributed by atoms with Crippen molar-refractivity contribution in [3.63, 3.8) is 0 Å². The third-order valence-corrected chi connectivity index (χ3v) is 4.05. The largest absolute Gasteiger partial charge is 0.494 e. The van der Waals surface area contributed by atoms with E-state index in [1.165, 1.54) is 24.4 Å². The molecule has 0 aliphatic carbocycles. The summed E-state index contributed by atoms with van der Waals surface area (Å²) < 4.78 is 31.1. The van der Waals surface area contributed by atoms with Gasteiger partial charge in [0.25, 0.3) is 0 Å². The van der Waals surface area contributed by atoms with E-state index in [0.29, 0.717) is 28.6 Å². The lowest BCUT2D eigenvalue weighted by Gasteiger charge is -2.43. The molecule has 1 saturated heterocycles. The van der Waals surface area contributed by atoms with E-state index in [4.69, 9.17) is 19.9 Å². The van der Waals surface area contributed by atoms with Crippen LogP contribution in [0.1, 0.15) is 20.8 Å².